The van der Waals surface area contributed by atoms with Crippen LogP contribution in [0.1, 0.15) is 72.6 Å². The SMILES string of the molecule is C[C@H]1CN(c2ccncc2NCc2ccc(F)c(-c3c(F)cc(C4(F)CCOCC4)cc3F)n2)C[C@@H](NC(=O)OC(C)(C)C)[C@@H]1O[Si](C)(C)C(C)(C)C. The third-order valence-corrected chi connectivity index (χ3v) is 14.9. The molecule has 53 heavy (non-hydrogen) atoms. The second-order valence-electron chi connectivity index (χ2n) is 16.7. The summed E-state index contributed by atoms with van der Waals surface area (Å²) in [5.41, 5.74) is -2.18. The minimum Gasteiger partial charge on any atom is -0.444 e. The molecule has 9 nitrogen and oxygen atoms in total. The molecule has 2 aromatic heterocycles. The van der Waals surface area contributed by atoms with E-state index in [1.54, 1.807) is 12.4 Å². The predicted molar refractivity (Wildman–Crippen MR) is 201 cm³/mol. The van der Waals surface area contributed by atoms with Crippen molar-refractivity contribution in [2.24, 2.45) is 5.92 Å². The number of ether oxygens (including phenoxy) is 2. The van der Waals surface area contributed by atoms with E-state index >= 15 is 17.6 Å². The van der Waals surface area contributed by atoms with Crippen LogP contribution >= 0.6 is 0 Å². The smallest absolute Gasteiger partial charge is 0.408 e. The Kier molecular flexibility index (Phi) is 11.9. The number of nitrogens with zero attached hydrogens (tertiary/aromatic N) is 3. The van der Waals surface area contributed by atoms with Crippen LogP contribution in [0.25, 0.3) is 11.3 Å². The lowest BCUT2D eigenvalue weighted by molar-refractivity contribution is -0.0117. The summed E-state index contributed by atoms with van der Waals surface area (Å²) in [6.45, 7) is 19.9. The number of alkyl carbamates (subject to hydrolysis) is 1. The minimum atomic E-state index is -2.23. The van der Waals surface area contributed by atoms with Gasteiger partial charge in [-0.25, -0.2) is 27.3 Å². The first-order valence-electron chi connectivity index (χ1n) is 18.2. The van der Waals surface area contributed by atoms with Crippen LogP contribution in [-0.4, -0.2) is 68.4 Å². The number of benzene rings is 1. The number of piperidine rings is 1. The van der Waals surface area contributed by atoms with Gasteiger partial charge in [-0.15, -0.1) is 0 Å². The fraction of sp³-hybridized carbons (Fsp3) is 0.564. The van der Waals surface area contributed by atoms with E-state index in [9.17, 15) is 4.79 Å². The number of rotatable bonds is 9. The Morgan fingerprint density at radius 1 is 1.02 bits per heavy atom. The molecule has 0 bridgehead atoms. The molecule has 1 aromatic carbocycles. The Morgan fingerprint density at radius 3 is 2.30 bits per heavy atom. The first kappa shape index (κ1) is 40.4. The summed E-state index contributed by atoms with van der Waals surface area (Å²) in [4.78, 5) is 23.8. The fourth-order valence-electron chi connectivity index (χ4n) is 6.55. The van der Waals surface area contributed by atoms with Crippen LogP contribution in [0.4, 0.5) is 33.7 Å². The van der Waals surface area contributed by atoms with Gasteiger partial charge in [-0.2, -0.15) is 0 Å². The van der Waals surface area contributed by atoms with Crippen molar-refractivity contribution in [3.63, 3.8) is 0 Å². The molecule has 2 aliphatic rings. The third kappa shape index (κ3) is 9.50. The number of halogens is 4. The van der Waals surface area contributed by atoms with Gasteiger partial charge in [-0.1, -0.05) is 27.7 Å². The largest absolute Gasteiger partial charge is 0.444 e. The molecule has 0 radical (unpaired) electrons. The first-order chi connectivity index (χ1) is 24.7. The lowest BCUT2D eigenvalue weighted by Crippen LogP contribution is -2.62. The zero-order valence-electron chi connectivity index (χ0n) is 32.2. The number of aromatic nitrogens is 2. The summed E-state index contributed by atoms with van der Waals surface area (Å²) in [7, 11) is -2.23. The van der Waals surface area contributed by atoms with Gasteiger partial charge in [0.15, 0.2) is 8.32 Å². The maximum atomic E-state index is 15.5. The van der Waals surface area contributed by atoms with Gasteiger partial charge < -0.3 is 29.4 Å². The minimum absolute atomic E-state index is 0.00931. The molecule has 5 rings (SSSR count). The maximum absolute atomic E-state index is 15.5. The van der Waals surface area contributed by atoms with Crippen LogP contribution in [0.5, 0.6) is 0 Å². The highest BCUT2D eigenvalue weighted by molar-refractivity contribution is 6.74. The molecule has 0 saturated carbocycles. The van der Waals surface area contributed by atoms with Crippen LogP contribution in [0.2, 0.25) is 18.1 Å². The van der Waals surface area contributed by atoms with Crippen molar-refractivity contribution in [1.29, 1.82) is 0 Å². The van der Waals surface area contributed by atoms with Crippen molar-refractivity contribution in [3.05, 3.63) is 71.4 Å². The van der Waals surface area contributed by atoms with Crippen molar-refractivity contribution in [3.8, 4) is 11.3 Å². The predicted octanol–water partition coefficient (Wildman–Crippen LogP) is 8.89. The van der Waals surface area contributed by atoms with E-state index in [1.807, 2.05) is 26.8 Å². The molecule has 0 aliphatic carbocycles. The fourth-order valence-corrected chi connectivity index (χ4v) is 7.98. The van der Waals surface area contributed by atoms with Gasteiger partial charge in [0.05, 0.1) is 47.5 Å². The Morgan fingerprint density at radius 2 is 1.68 bits per heavy atom. The van der Waals surface area contributed by atoms with Gasteiger partial charge in [0, 0.05) is 51.3 Å². The van der Waals surface area contributed by atoms with Crippen molar-refractivity contribution >= 4 is 25.8 Å². The molecular weight excluding hydrogens is 707 g/mol. The Hall–Kier alpha value is -3.75. The molecule has 3 aromatic rings. The van der Waals surface area contributed by atoms with Gasteiger partial charge in [0.2, 0.25) is 0 Å². The van der Waals surface area contributed by atoms with Crippen molar-refractivity contribution in [2.45, 2.75) is 109 Å². The molecule has 0 unspecified atom stereocenters. The summed E-state index contributed by atoms with van der Waals surface area (Å²) in [6.07, 6.45) is 2.48. The van der Waals surface area contributed by atoms with Crippen LogP contribution < -0.4 is 15.5 Å². The lowest BCUT2D eigenvalue weighted by Gasteiger charge is -2.48. The standard InChI is InChI=1S/C39H53F4N5O4Si/c1-24-22-48(23-31(47-36(49)51-37(2,3)4)35(24)52-53(8,9)38(5,6)7)32-12-15-44-21-30(32)45-20-26-10-11-27(40)34(46-26)33-28(41)18-25(19-29(33)42)39(43)13-16-50-17-14-39/h10-12,15,18-19,21,24,31,35,45H,13-14,16-17,20,22-23H2,1-9H3,(H,47,49)/t24-,31+,35+/m0/s1. The number of nitrogens with one attached hydrogen (secondary N) is 2. The number of carbonyl (C=O) groups is 1. The number of hydrogen-bond acceptors (Lipinski definition) is 8. The Bertz CT molecular complexity index is 1750. The second kappa shape index (κ2) is 15.5. The van der Waals surface area contributed by atoms with Crippen LogP contribution in [-0.2, 0) is 26.1 Å². The van der Waals surface area contributed by atoms with E-state index in [-0.39, 0.29) is 55.2 Å². The topological polar surface area (TPSA) is 97.8 Å². The normalized spacial score (nSPS) is 20.9. The monoisotopic (exact) mass is 759 g/mol. The van der Waals surface area contributed by atoms with Crippen LogP contribution in [0, 0.1) is 23.4 Å². The Labute approximate surface area is 311 Å². The maximum Gasteiger partial charge on any atom is 0.408 e. The molecule has 2 saturated heterocycles. The molecule has 290 valence electrons. The molecule has 14 heteroatoms. The van der Waals surface area contributed by atoms with Gasteiger partial charge in [0.1, 0.15) is 34.4 Å². The van der Waals surface area contributed by atoms with E-state index in [0.29, 0.717) is 24.5 Å². The number of amides is 1. The summed E-state index contributed by atoms with van der Waals surface area (Å²) in [5.74, 6) is -3.10. The van der Waals surface area contributed by atoms with Gasteiger partial charge in [-0.05, 0) is 74.8 Å². The second-order valence-corrected chi connectivity index (χ2v) is 21.5. The number of anilines is 2. The van der Waals surface area contributed by atoms with Gasteiger partial charge in [-0.3, -0.25) is 4.98 Å². The third-order valence-electron chi connectivity index (χ3n) is 10.4. The summed E-state index contributed by atoms with van der Waals surface area (Å²) in [5, 5.41) is 6.36. The van der Waals surface area contributed by atoms with Crippen LogP contribution in [0.15, 0.2) is 42.7 Å². The molecule has 2 aliphatic heterocycles. The van der Waals surface area contributed by atoms with Crippen molar-refractivity contribution < 1.29 is 36.3 Å². The number of alkyl halides is 1. The van der Waals surface area contributed by atoms with E-state index < -0.39 is 60.4 Å². The van der Waals surface area contributed by atoms with E-state index in [4.69, 9.17) is 13.9 Å². The zero-order valence-corrected chi connectivity index (χ0v) is 33.2. The highest BCUT2D eigenvalue weighted by Crippen LogP contribution is 2.41. The summed E-state index contributed by atoms with van der Waals surface area (Å²) in [6, 6.07) is 5.83. The molecular formula is C39H53F4N5O4Si. The summed E-state index contributed by atoms with van der Waals surface area (Å²) >= 11 is 0. The number of pyridine rings is 2. The molecule has 3 atom stereocenters. The van der Waals surface area contributed by atoms with Crippen LogP contribution in [0.3, 0.4) is 0 Å². The Balaban J connectivity index is 1.38. The first-order valence-corrected chi connectivity index (χ1v) is 21.1. The average molecular weight is 760 g/mol. The molecule has 0 spiro atoms. The number of carbonyl (C=O) groups excluding carboxylic acids is 1. The average Bonchev–Trinajstić information content (AvgIpc) is 3.05. The molecule has 4 heterocycles. The molecule has 2 N–H and O–H groups in total. The van der Waals surface area contributed by atoms with Crippen molar-refractivity contribution in [1.82, 2.24) is 15.3 Å². The van der Waals surface area contributed by atoms with E-state index in [1.165, 1.54) is 6.07 Å². The quantitative estimate of drug-likeness (QED) is 0.165. The summed E-state index contributed by atoms with van der Waals surface area (Å²) < 4.78 is 79.2. The molecule has 1 amide bonds. The highest BCUT2D eigenvalue weighted by Gasteiger charge is 2.45. The van der Waals surface area contributed by atoms with Gasteiger partial charge in [0.25, 0.3) is 0 Å². The number of hydrogen-bond donors (Lipinski definition) is 2. The van der Waals surface area contributed by atoms with Gasteiger partial charge >= 0.3 is 6.09 Å². The zero-order chi connectivity index (χ0) is 38.9. The van der Waals surface area contributed by atoms with Crippen molar-refractivity contribution in [2.75, 3.05) is 36.5 Å². The van der Waals surface area contributed by atoms with E-state index in [0.717, 1.165) is 23.9 Å². The molecule has 2 fully saturated rings. The lowest BCUT2D eigenvalue weighted by atomic mass is 9.87. The highest BCUT2D eigenvalue weighted by atomic mass is 28.4. The van der Waals surface area contributed by atoms with E-state index in [2.05, 4.69) is 66.3 Å².